The third kappa shape index (κ3) is 5.39. The lowest BCUT2D eigenvalue weighted by Gasteiger charge is -2.12. The maximum absolute atomic E-state index is 6.76. The van der Waals surface area contributed by atoms with Gasteiger partial charge in [0.2, 0.25) is 0 Å². The molecular weight excluding hydrogens is 685 g/mol. The molecule has 0 atom stereocenters. The zero-order valence-electron chi connectivity index (χ0n) is 30.2. The number of hydrogen-bond donors (Lipinski definition) is 0. The van der Waals surface area contributed by atoms with Gasteiger partial charge in [0.25, 0.3) is 0 Å². The van der Waals surface area contributed by atoms with Gasteiger partial charge >= 0.3 is 0 Å². The number of nitrogens with zero attached hydrogens (tertiary/aromatic N) is 2. The molecule has 0 unspecified atom stereocenters. The SMILES string of the molecule is c1ccc(-c2ccc(-c3ccc(-c4nc(-c5ccccc5)cc(-c5ccc(-c6cccc7c6oc6ccccc67)c6oc7ccccc7c56)n4)cc3)cc2)cc1. The molecule has 3 aromatic heterocycles. The van der Waals surface area contributed by atoms with Crippen LogP contribution in [0.1, 0.15) is 0 Å². The highest BCUT2D eigenvalue weighted by Crippen LogP contribution is 2.45. The third-order valence-corrected chi connectivity index (χ3v) is 10.8. The van der Waals surface area contributed by atoms with Crippen molar-refractivity contribution in [2.24, 2.45) is 0 Å². The van der Waals surface area contributed by atoms with Crippen molar-refractivity contribution in [3.63, 3.8) is 0 Å². The van der Waals surface area contributed by atoms with Crippen molar-refractivity contribution in [2.45, 2.75) is 0 Å². The topological polar surface area (TPSA) is 52.1 Å². The number of furan rings is 2. The average molecular weight is 717 g/mol. The van der Waals surface area contributed by atoms with E-state index in [-0.39, 0.29) is 0 Å². The predicted octanol–water partition coefficient (Wildman–Crippen LogP) is 14.3. The fourth-order valence-electron chi connectivity index (χ4n) is 7.98. The summed E-state index contributed by atoms with van der Waals surface area (Å²) < 4.78 is 13.3. The normalized spacial score (nSPS) is 11.6. The molecule has 0 saturated heterocycles. The molecule has 0 aliphatic heterocycles. The molecular formula is C52H32N2O2. The second-order valence-electron chi connectivity index (χ2n) is 14.1. The molecule has 4 nitrogen and oxygen atoms in total. The molecule has 262 valence electrons. The largest absolute Gasteiger partial charge is 0.455 e. The highest BCUT2D eigenvalue weighted by molar-refractivity contribution is 6.18. The van der Waals surface area contributed by atoms with E-state index >= 15 is 0 Å². The molecule has 11 rings (SSSR count). The zero-order valence-corrected chi connectivity index (χ0v) is 30.2. The Morgan fingerprint density at radius 1 is 0.304 bits per heavy atom. The lowest BCUT2D eigenvalue weighted by molar-refractivity contribution is 0.665. The Bertz CT molecular complexity index is 3220. The van der Waals surface area contributed by atoms with Crippen molar-refractivity contribution < 1.29 is 8.83 Å². The highest BCUT2D eigenvalue weighted by Gasteiger charge is 2.22. The Morgan fingerprint density at radius 3 is 1.48 bits per heavy atom. The van der Waals surface area contributed by atoms with Crippen LogP contribution in [0.5, 0.6) is 0 Å². The molecule has 0 spiro atoms. The summed E-state index contributed by atoms with van der Waals surface area (Å²) in [6.07, 6.45) is 0. The molecule has 0 saturated carbocycles. The van der Waals surface area contributed by atoms with Gasteiger partial charge in [0.05, 0.1) is 11.4 Å². The minimum Gasteiger partial charge on any atom is -0.455 e. The van der Waals surface area contributed by atoms with E-state index < -0.39 is 0 Å². The van der Waals surface area contributed by atoms with E-state index in [1.54, 1.807) is 0 Å². The van der Waals surface area contributed by atoms with E-state index in [0.717, 1.165) is 94.2 Å². The van der Waals surface area contributed by atoms with Gasteiger partial charge < -0.3 is 8.83 Å². The molecule has 3 heterocycles. The zero-order chi connectivity index (χ0) is 37.0. The van der Waals surface area contributed by atoms with Crippen LogP contribution >= 0.6 is 0 Å². The van der Waals surface area contributed by atoms with E-state index in [1.165, 1.54) is 11.1 Å². The van der Waals surface area contributed by atoms with E-state index in [2.05, 4.69) is 146 Å². The van der Waals surface area contributed by atoms with Gasteiger partial charge in [0.15, 0.2) is 5.82 Å². The second-order valence-corrected chi connectivity index (χ2v) is 14.1. The van der Waals surface area contributed by atoms with Crippen LogP contribution in [0.15, 0.2) is 203 Å². The fourth-order valence-corrected chi connectivity index (χ4v) is 7.98. The highest BCUT2D eigenvalue weighted by atomic mass is 16.3. The van der Waals surface area contributed by atoms with Gasteiger partial charge in [-0.3, -0.25) is 0 Å². The summed E-state index contributed by atoms with van der Waals surface area (Å²) in [7, 11) is 0. The van der Waals surface area contributed by atoms with Crippen molar-refractivity contribution >= 4 is 43.9 Å². The molecule has 0 radical (unpaired) electrons. The van der Waals surface area contributed by atoms with E-state index in [9.17, 15) is 0 Å². The van der Waals surface area contributed by atoms with Gasteiger partial charge in [0, 0.05) is 49.4 Å². The summed E-state index contributed by atoms with van der Waals surface area (Å²) in [6.45, 7) is 0. The van der Waals surface area contributed by atoms with Gasteiger partial charge in [-0.05, 0) is 46.5 Å². The first kappa shape index (κ1) is 31.9. The number of hydrogen-bond acceptors (Lipinski definition) is 4. The van der Waals surface area contributed by atoms with Crippen molar-refractivity contribution in [3.05, 3.63) is 194 Å². The third-order valence-electron chi connectivity index (χ3n) is 10.8. The summed E-state index contributed by atoms with van der Waals surface area (Å²) in [5.41, 5.74) is 14.6. The monoisotopic (exact) mass is 716 g/mol. The minimum atomic E-state index is 0.657. The molecule has 56 heavy (non-hydrogen) atoms. The minimum absolute atomic E-state index is 0.657. The number of aromatic nitrogens is 2. The van der Waals surface area contributed by atoms with E-state index in [0.29, 0.717) is 5.82 Å². The lowest BCUT2D eigenvalue weighted by atomic mass is 9.95. The first-order valence-electron chi connectivity index (χ1n) is 18.8. The van der Waals surface area contributed by atoms with Crippen molar-refractivity contribution in [1.82, 2.24) is 9.97 Å². The molecule has 11 aromatic rings. The smallest absolute Gasteiger partial charge is 0.160 e. The summed E-state index contributed by atoms with van der Waals surface area (Å²) in [6, 6.07) is 67.2. The van der Waals surface area contributed by atoms with Crippen LogP contribution in [0.25, 0.3) is 111 Å². The summed E-state index contributed by atoms with van der Waals surface area (Å²) in [4.78, 5) is 10.4. The number of benzene rings is 8. The second kappa shape index (κ2) is 13.1. The molecule has 0 N–H and O–H groups in total. The van der Waals surface area contributed by atoms with Crippen LogP contribution in [0, 0.1) is 0 Å². The Balaban J connectivity index is 1.06. The average Bonchev–Trinajstić information content (AvgIpc) is 3.86. The quantitative estimate of drug-likeness (QED) is 0.172. The van der Waals surface area contributed by atoms with Crippen LogP contribution < -0.4 is 0 Å². The first-order chi connectivity index (χ1) is 27.7. The van der Waals surface area contributed by atoms with Gasteiger partial charge in [-0.25, -0.2) is 9.97 Å². The first-order valence-corrected chi connectivity index (χ1v) is 18.8. The molecule has 0 amide bonds. The molecule has 0 fully saturated rings. The summed E-state index contributed by atoms with van der Waals surface area (Å²) in [5, 5.41) is 4.21. The molecule has 0 aliphatic rings. The molecule has 4 heteroatoms. The van der Waals surface area contributed by atoms with Crippen LogP contribution in [0.2, 0.25) is 0 Å². The van der Waals surface area contributed by atoms with E-state index in [1.807, 2.05) is 48.5 Å². The predicted molar refractivity (Wildman–Crippen MR) is 229 cm³/mol. The Hall–Kier alpha value is -7.56. The number of fused-ring (bicyclic) bond motifs is 6. The Labute approximate surface area is 323 Å². The standard InChI is InChI=1S/C52H32N2O2/c1-3-12-33(13-4-1)34-22-24-35(25-23-34)36-26-28-38(29-27-36)52-53-45(37-14-5-2-6-15-37)32-46(54-52)43-31-30-42(51-49(43)44-17-8-10-21-48(44)56-51)41-19-11-18-40-39-16-7-9-20-47(39)55-50(40)41/h1-32H. The molecule has 0 bridgehead atoms. The van der Waals surface area contributed by atoms with Crippen LogP contribution in [-0.4, -0.2) is 9.97 Å². The Morgan fingerprint density at radius 2 is 0.786 bits per heavy atom. The van der Waals surface area contributed by atoms with Crippen LogP contribution in [0.4, 0.5) is 0 Å². The van der Waals surface area contributed by atoms with Crippen molar-refractivity contribution in [1.29, 1.82) is 0 Å². The summed E-state index contributed by atoms with van der Waals surface area (Å²) in [5.74, 6) is 0.657. The van der Waals surface area contributed by atoms with Crippen molar-refractivity contribution in [3.8, 4) is 67.3 Å². The molecule has 0 aliphatic carbocycles. The van der Waals surface area contributed by atoms with Gasteiger partial charge in [-0.1, -0.05) is 170 Å². The van der Waals surface area contributed by atoms with Crippen LogP contribution in [0.3, 0.4) is 0 Å². The Kier molecular flexibility index (Phi) is 7.46. The molecule has 8 aromatic carbocycles. The number of rotatable bonds is 6. The van der Waals surface area contributed by atoms with Crippen molar-refractivity contribution in [2.75, 3.05) is 0 Å². The van der Waals surface area contributed by atoms with Gasteiger partial charge in [0.1, 0.15) is 22.3 Å². The maximum Gasteiger partial charge on any atom is 0.160 e. The summed E-state index contributed by atoms with van der Waals surface area (Å²) >= 11 is 0. The maximum atomic E-state index is 6.76. The van der Waals surface area contributed by atoms with Gasteiger partial charge in [-0.2, -0.15) is 0 Å². The van der Waals surface area contributed by atoms with Gasteiger partial charge in [-0.15, -0.1) is 0 Å². The number of para-hydroxylation sites is 3. The van der Waals surface area contributed by atoms with Crippen LogP contribution in [-0.2, 0) is 0 Å². The lowest BCUT2D eigenvalue weighted by Crippen LogP contribution is -1.96. The fraction of sp³-hybridized carbons (Fsp3) is 0. The van der Waals surface area contributed by atoms with E-state index in [4.69, 9.17) is 18.8 Å².